The van der Waals surface area contributed by atoms with Crippen LogP contribution < -0.4 is 10.1 Å². The number of carbonyl (C=O) groups is 1. The Kier molecular flexibility index (Phi) is 4.36. The Hall–Kier alpha value is -2.96. The maximum Gasteiger partial charge on any atom is 0.306 e. The molecule has 0 unspecified atom stereocenters. The third-order valence-corrected chi connectivity index (χ3v) is 3.07. The summed E-state index contributed by atoms with van der Waals surface area (Å²) in [5, 5.41) is 13.2. The maximum absolute atomic E-state index is 13.3. The topological polar surface area (TPSA) is 81.5 Å². The molecule has 0 radical (unpaired) electrons. The van der Waals surface area contributed by atoms with Crippen LogP contribution in [0.2, 0.25) is 0 Å². The van der Waals surface area contributed by atoms with Gasteiger partial charge in [-0.15, -0.1) is 0 Å². The monoisotopic (exact) mass is 304 g/mol. The molecule has 0 aliphatic heterocycles. The van der Waals surface area contributed by atoms with E-state index in [4.69, 9.17) is 4.74 Å². The first-order valence-corrected chi connectivity index (χ1v) is 6.32. The van der Waals surface area contributed by atoms with Gasteiger partial charge in [0.25, 0.3) is 5.91 Å². The minimum atomic E-state index is -0.958. The molecule has 2 aromatic carbocycles. The van der Waals surface area contributed by atoms with Crippen molar-refractivity contribution < 1.29 is 18.8 Å². The minimum absolute atomic E-state index is 0.137. The fourth-order valence-electron chi connectivity index (χ4n) is 1.89. The Morgan fingerprint density at radius 2 is 2.00 bits per heavy atom. The number of rotatable bonds is 4. The summed E-state index contributed by atoms with van der Waals surface area (Å²) in [4.78, 5) is 22.0. The van der Waals surface area contributed by atoms with Gasteiger partial charge in [0, 0.05) is 17.3 Å². The predicted molar refractivity (Wildman–Crippen MR) is 78.7 cm³/mol. The van der Waals surface area contributed by atoms with E-state index in [1.807, 2.05) is 6.92 Å². The van der Waals surface area contributed by atoms with Crippen LogP contribution in [0, 0.1) is 22.9 Å². The van der Waals surface area contributed by atoms with Gasteiger partial charge in [0.1, 0.15) is 5.75 Å². The van der Waals surface area contributed by atoms with Crippen LogP contribution in [0.3, 0.4) is 0 Å². The van der Waals surface area contributed by atoms with Crippen LogP contribution in [0.25, 0.3) is 0 Å². The zero-order chi connectivity index (χ0) is 16.3. The molecule has 22 heavy (non-hydrogen) atoms. The van der Waals surface area contributed by atoms with Crippen LogP contribution >= 0.6 is 0 Å². The number of hydrogen-bond donors (Lipinski definition) is 1. The molecule has 0 aliphatic rings. The third-order valence-electron chi connectivity index (χ3n) is 3.07. The number of nitrogens with zero attached hydrogens (tertiary/aromatic N) is 1. The van der Waals surface area contributed by atoms with E-state index < -0.39 is 22.3 Å². The SMILES string of the molecule is COc1cc(C(=O)Nc2ccc(F)c([N+](=O)[O-])c2)ccc1C. The van der Waals surface area contributed by atoms with Gasteiger partial charge < -0.3 is 10.1 Å². The van der Waals surface area contributed by atoms with Gasteiger partial charge in [-0.25, -0.2) is 0 Å². The van der Waals surface area contributed by atoms with E-state index in [1.165, 1.54) is 13.2 Å². The number of benzene rings is 2. The lowest BCUT2D eigenvalue weighted by molar-refractivity contribution is -0.387. The molecule has 0 atom stereocenters. The fourth-order valence-corrected chi connectivity index (χ4v) is 1.89. The predicted octanol–water partition coefficient (Wildman–Crippen LogP) is 3.30. The molecule has 0 fully saturated rings. The second kappa shape index (κ2) is 6.21. The number of methoxy groups -OCH3 is 1. The van der Waals surface area contributed by atoms with Crippen LogP contribution in [0.5, 0.6) is 5.75 Å². The van der Waals surface area contributed by atoms with Crippen LogP contribution in [0.4, 0.5) is 15.8 Å². The highest BCUT2D eigenvalue weighted by atomic mass is 19.1. The zero-order valence-corrected chi connectivity index (χ0v) is 11.9. The lowest BCUT2D eigenvalue weighted by Crippen LogP contribution is -2.12. The number of ether oxygens (including phenoxy) is 1. The van der Waals surface area contributed by atoms with Crippen LogP contribution in [0.1, 0.15) is 15.9 Å². The summed E-state index contributed by atoms with van der Waals surface area (Å²) < 4.78 is 18.4. The Bertz CT molecular complexity index is 746. The third kappa shape index (κ3) is 3.20. The minimum Gasteiger partial charge on any atom is -0.496 e. The molecule has 0 bridgehead atoms. The van der Waals surface area contributed by atoms with Crippen molar-refractivity contribution in [3.05, 3.63) is 63.5 Å². The van der Waals surface area contributed by atoms with Crippen LogP contribution in [-0.4, -0.2) is 17.9 Å². The molecule has 2 aromatic rings. The van der Waals surface area contributed by atoms with Gasteiger partial charge in [-0.1, -0.05) is 6.07 Å². The first-order chi connectivity index (χ1) is 10.4. The molecule has 2 rings (SSSR count). The van der Waals surface area contributed by atoms with Crippen molar-refractivity contribution in [1.29, 1.82) is 0 Å². The fraction of sp³-hybridized carbons (Fsp3) is 0.133. The van der Waals surface area contributed by atoms with Crippen molar-refractivity contribution in [1.82, 2.24) is 0 Å². The molecular weight excluding hydrogens is 291 g/mol. The van der Waals surface area contributed by atoms with Crippen molar-refractivity contribution in [3.8, 4) is 5.75 Å². The molecule has 0 saturated heterocycles. The standard InChI is InChI=1S/C15H13FN2O4/c1-9-3-4-10(7-14(9)22-2)15(19)17-11-5-6-12(16)13(8-11)18(20)21/h3-8H,1-2H3,(H,17,19). The summed E-state index contributed by atoms with van der Waals surface area (Å²) in [5.74, 6) is -0.878. The molecule has 0 saturated carbocycles. The summed E-state index contributed by atoms with van der Waals surface area (Å²) in [6, 6.07) is 8.04. The Balaban J connectivity index is 2.25. The largest absolute Gasteiger partial charge is 0.496 e. The maximum atomic E-state index is 13.3. The zero-order valence-electron chi connectivity index (χ0n) is 11.9. The van der Waals surface area contributed by atoms with E-state index in [9.17, 15) is 19.3 Å². The summed E-state index contributed by atoms with van der Waals surface area (Å²) in [5.41, 5.74) is 0.642. The van der Waals surface area contributed by atoms with Crippen molar-refractivity contribution in [3.63, 3.8) is 0 Å². The van der Waals surface area contributed by atoms with Crippen molar-refractivity contribution >= 4 is 17.3 Å². The first kappa shape index (κ1) is 15.4. The van der Waals surface area contributed by atoms with Crippen LogP contribution in [-0.2, 0) is 0 Å². The number of anilines is 1. The number of nitro groups is 1. The van der Waals surface area contributed by atoms with Crippen molar-refractivity contribution in [2.75, 3.05) is 12.4 Å². The van der Waals surface area contributed by atoms with Crippen LogP contribution in [0.15, 0.2) is 36.4 Å². The normalized spacial score (nSPS) is 10.1. The number of aryl methyl sites for hydroxylation is 1. The number of amides is 1. The lowest BCUT2D eigenvalue weighted by Gasteiger charge is -2.09. The molecule has 0 heterocycles. The molecule has 1 N–H and O–H groups in total. The summed E-state index contributed by atoms with van der Waals surface area (Å²) in [6.45, 7) is 1.84. The van der Waals surface area contributed by atoms with Gasteiger partial charge in [0.05, 0.1) is 12.0 Å². The number of hydrogen-bond acceptors (Lipinski definition) is 4. The molecule has 1 amide bonds. The van der Waals surface area contributed by atoms with Gasteiger partial charge >= 0.3 is 5.69 Å². The van der Waals surface area contributed by atoms with Gasteiger partial charge in [-0.2, -0.15) is 4.39 Å². The quantitative estimate of drug-likeness (QED) is 0.694. The van der Waals surface area contributed by atoms with Crippen molar-refractivity contribution in [2.24, 2.45) is 0 Å². The van der Waals surface area contributed by atoms with Gasteiger partial charge in [0.2, 0.25) is 5.82 Å². The molecule has 0 spiro atoms. The molecular formula is C15H13FN2O4. The Morgan fingerprint density at radius 1 is 1.27 bits per heavy atom. The average Bonchev–Trinajstić information content (AvgIpc) is 2.49. The number of halogens is 1. The van der Waals surface area contributed by atoms with E-state index in [2.05, 4.69) is 5.32 Å². The highest BCUT2D eigenvalue weighted by molar-refractivity contribution is 6.04. The second-order valence-electron chi connectivity index (χ2n) is 4.56. The van der Waals surface area contributed by atoms with Gasteiger partial charge in [-0.05, 0) is 36.8 Å². The summed E-state index contributed by atoms with van der Waals surface area (Å²) >= 11 is 0. The molecule has 0 aromatic heterocycles. The Morgan fingerprint density at radius 3 is 2.64 bits per heavy atom. The molecule has 114 valence electrons. The number of carbonyl (C=O) groups excluding carboxylic acids is 1. The van der Waals surface area contributed by atoms with E-state index in [1.54, 1.807) is 18.2 Å². The molecule has 7 heteroatoms. The van der Waals surface area contributed by atoms with Gasteiger partial charge in [0.15, 0.2) is 0 Å². The average molecular weight is 304 g/mol. The van der Waals surface area contributed by atoms with Crippen molar-refractivity contribution in [2.45, 2.75) is 6.92 Å². The van der Waals surface area contributed by atoms with E-state index in [0.29, 0.717) is 11.3 Å². The highest BCUT2D eigenvalue weighted by Gasteiger charge is 2.16. The second-order valence-corrected chi connectivity index (χ2v) is 4.56. The highest BCUT2D eigenvalue weighted by Crippen LogP contribution is 2.23. The van der Waals surface area contributed by atoms with E-state index >= 15 is 0 Å². The van der Waals surface area contributed by atoms with Gasteiger partial charge in [-0.3, -0.25) is 14.9 Å². The summed E-state index contributed by atoms with van der Waals surface area (Å²) in [7, 11) is 1.49. The lowest BCUT2D eigenvalue weighted by atomic mass is 10.1. The molecule has 6 nitrogen and oxygen atoms in total. The number of nitro benzene ring substituents is 1. The first-order valence-electron chi connectivity index (χ1n) is 6.32. The van der Waals surface area contributed by atoms with E-state index in [0.717, 1.165) is 17.7 Å². The smallest absolute Gasteiger partial charge is 0.306 e. The van der Waals surface area contributed by atoms with E-state index in [-0.39, 0.29) is 5.69 Å². The summed E-state index contributed by atoms with van der Waals surface area (Å²) in [6.07, 6.45) is 0. The Labute approximate surface area is 125 Å². The molecule has 0 aliphatic carbocycles. The number of nitrogens with one attached hydrogen (secondary N) is 1.